The predicted molar refractivity (Wildman–Crippen MR) is 138 cm³/mol. The lowest BCUT2D eigenvalue weighted by Crippen LogP contribution is -2.57. The Bertz CT molecular complexity index is 1540. The van der Waals surface area contributed by atoms with E-state index < -0.39 is 24.0 Å². The summed E-state index contributed by atoms with van der Waals surface area (Å²) in [6.45, 7) is 6.10. The molecule has 0 saturated carbocycles. The highest BCUT2D eigenvalue weighted by atomic mass is 19.3. The number of carbonyl (C=O) groups is 1. The molecule has 1 aromatic carbocycles. The van der Waals surface area contributed by atoms with Crippen molar-refractivity contribution in [2.45, 2.75) is 45.4 Å². The number of hydrogen-bond donors (Lipinski definition) is 0. The molecule has 1 fully saturated rings. The minimum absolute atomic E-state index is 0.0819. The molecular formula is C27H26F2N6O5. The molecule has 1 amide bonds. The molecule has 0 unspecified atom stereocenters. The average molecular weight is 553 g/mol. The molecule has 0 N–H and O–H groups in total. The number of halogens is 2. The van der Waals surface area contributed by atoms with Crippen molar-refractivity contribution < 1.29 is 27.5 Å². The van der Waals surface area contributed by atoms with Crippen LogP contribution in [0.5, 0.6) is 5.88 Å². The Labute approximate surface area is 227 Å². The van der Waals surface area contributed by atoms with Crippen molar-refractivity contribution >= 4 is 6.09 Å². The van der Waals surface area contributed by atoms with Gasteiger partial charge in [-0.2, -0.15) is 13.8 Å². The van der Waals surface area contributed by atoms with Crippen LogP contribution >= 0.6 is 0 Å². The molecule has 1 aliphatic heterocycles. The maximum Gasteiger partial charge on any atom is 0.410 e. The third kappa shape index (κ3) is 6.14. The first-order chi connectivity index (χ1) is 19.1. The van der Waals surface area contributed by atoms with Gasteiger partial charge in [0.25, 0.3) is 11.4 Å². The van der Waals surface area contributed by atoms with Crippen LogP contribution in [0.3, 0.4) is 0 Å². The molecule has 0 bridgehead atoms. The van der Waals surface area contributed by atoms with Crippen molar-refractivity contribution in [3.8, 4) is 28.7 Å². The second kappa shape index (κ2) is 10.8. The maximum absolute atomic E-state index is 13.2. The van der Waals surface area contributed by atoms with Gasteiger partial charge in [0.15, 0.2) is 0 Å². The van der Waals surface area contributed by atoms with E-state index >= 15 is 0 Å². The molecule has 0 aliphatic carbocycles. The number of ether oxygens (including phenoxy) is 2. The van der Waals surface area contributed by atoms with Gasteiger partial charge in [0.1, 0.15) is 17.5 Å². The maximum atomic E-state index is 13.2. The number of carbonyl (C=O) groups excluding carboxylic acids is 1. The van der Waals surface area contributed by atoms with Gasteiger partial charge in [-0.3, -0.25) is 14.3 Å². The Morgan fingerprint density at radius 1 is 1.10 bits per heavy atom. The Kier molecular flexibility index (Phi) is 7.28. The molecule has 3 aromatic heterocycles. The summed E-state index contributed by atoms with van der Waals surface area (Å²) < 4.78 is 43.2. The van der Waals surface area contributed by atoms with Crippen molar-refractivity contribution in [3.05, 3.63) is 76.7 Å². The third-order valence-electron chi connectivity index (χ3n) is 5.82. The summed E-state index contributed by atoms with van der Waals surface area (Å²) in [4.78, 5) is 35.9. The van der Waals surface area contributed by atoms with E-state index in [2.05, 4.69) is 20.2 Å². The number of likely N-dealkylation sites (tertiary alicyclic amines) is 1. The summed E-state index contributed by atoms with van der Waals surface area (Å²) in [6, 6.07) is 13.7. The Balaban J connectivity index is 1.34. The minimum Gasteiger partial charge on any atom is -0.470 e. The zero-order valence-corrected chi connectivity index (χ0v) is 22.0. The monoisotopic (exact) mass is 552 g/mol. The van der Waals surface area contributed by atoms with Gasteiger partial charge in [0, 0.05) is 11.8 Å². The van der Waals surface area contributed by atoms with Gasteiger partial charge in [-0.1, -0.05) is 30.3 Å². The molecule has 0 radical (unpaired) electrons. The Hall–Kier alpha value is -4.68. The number of rotatable bonds is 7. The van der Waals surface area contributed by atoms with Crippen LogP contribution in [0, 0.1) is 0 Å². The molecule has 208 valence electrons. The molecular weight excluding hydrogens is 526 g/mol. The van der Waals surface area contributed by atoms with Crippen molar-refractivity contribution in [1.82, 2.24) is 29.6 Å². The number of benzene rings is 1. The van der Waals surface area contributed by atoms with E-state index in [1.807, 2.05) is 30.3 Å². The van der Waals surface area contributed by atoms with Gasteiger partial charge in [0.2, 0.25) is 11.8 Å². The van der Waals surface area contributed by atoms with Gasteiger partial charge in [-0.15, -0.1) is 10.2 Å². The van der Waals surface area contributed by atoms with Crippen LogP contribution in [0.25, 0.3) is 22.8 Å². The number of pyridine rings is 1. The highest BCUT2D eigenvalue weighted by Gasteiger charge is 2.35. The lowest BCUT2D eigenvalue weighted by Gasteiger charge is -2.39. The van der Waals surface area contributed by atoms with Gasteiger partial charge >= 0.3 is 12.5 Å². The molecule has 11 nitrogen and oxygen atoms in total. The van der Waals surface area contributed by atoms with Crippen molar-refractivity contribution in [1.29, 1.82) is 0 Å². The van der Waals surface area contributed by atoms with E-state index in [4.69, 9.17) is 13.9 Å². The summed E-state index contributed by atoms with van der Waals surface area (Å²) in [5.41, 5.74) is 0.604. The van der Waals surface area contributed by atoms with Gasteiger partial charge in [-0.25, -0.2) is 4.79 Å². The zero-order chi connectivity index (χ0) is 28.4. The first-order valence-corrected chi connectivity index (χ1v) is 12.4. The van der Waals surface area contributed by atoms with Crippen molar-refractivity contribution in [3.63, 3.8) is 0 Å². The molecule has 0 atom stereocenters. The van der Waals surface area contributed by atoms with Crippen LogP contribution in [0.15, 0.2) is 63.9 Å². The molecule has 40 heavy (non-hydrogen) atoms. The summed E-state index contributed by atoms with van der Waals surface area (Å²) in [7, 11) is 0. The van der Waals surface area contributed by atoms with E-state index in [-0.39, 0.29) is 30.0 Å². The van der Waals surface area contributed by atoms with Crippen LogP contribution in [0.4, 0.5) is 13.6 Å². The number of hydrogen-bond acceptors (Lipinski definition) is 9. The van der Waals surface area contributed by atoms with E-state index in [9.17, 15) is 18.4 Å². The molecule has 4 heterocycles. The van der Waals surface area contributed by atoms with E-state index in [1.54, 1.807) is 32.9 Å². The lowest BCUT2D eigenvalue weighted by atomic mass is 10.1. The summed E-state index contributed by atoms with van der Waals surface area (Å²) >= 11 is 0. The topological polar surface area (TPSA) is 125 Å². The lowest BCUT2D eigenvalue weighted by molar-refractivity contribution is -0.0232. The number of amides is 1. The first-order valence-electron chi connectivity index (χ1n) is 12.4. The van der Waals surface area contributed by atoms with Crippen molar-refractivity contribution in [2.24, 2.45) is 0 Å². The number of nitrogens with zero attached hydrogens (tertiary/aromatic N) is 6. The highest BCUT2D eigenvalue weighted by molar-refractivity contribution is 5.69. The fourth-order valence-electron chi connectivity index (χ4n) is 3.91. The molecule has 1 saturated heterocycles. The second-order valence-electron chi connectivity index (χ2n) is 10.1. The second-order valence-corrected chi connectivity index (χ2v) is 10.1. The van der Waals surface area contributed by atoms with Gasteiger partial charge in [0.05, 0.1) is 37.0 Å². The van der Waals surface area contributed by atoms with Crippen LogP contribution in [-0.2, 0) is 11.3 Å². The molecule has 1 aliphatic rings. The first kappa shape index (κ1) is 26.9. The summed E-state index contributed by atoms with van der Waals surface area (Å²) in [6.07, 6.45) is -2.22. The van der Waals surface area contributed by atoms with E-state index in [1.165, 1.54) is 21.7 Å². The summed E-state index contributed by atoms with van der Waals surface area (Å²) in [5, 5.41) is 6.94. The minimum atomic E-state index is -2.87. The normalized spacial score (nSPS) is 13.8. The fourth-order valence-corrected chi connectivity index (χ4v) is 3.91. The number of alkyl halides is 2. The standard InChI is InChI=1S/C27H26F2N6O5/c1-27(2,3)40-26(37)34-14-19(15-34)38-20-11-21(36)35(23(31-20)16-7-5-4-6-8-16)13-18-10-9-17(12-30-18)24-32-33-25(39-24)22(28)29/h4-12,19,22H,13-15H2,1-3H3. The molecule has 5 rings (SSSR count). The smallest absolute Gasteiger partial charge is 0.410 e. The summed E-state index contributed by atoms with van der Waals surface area (Å²) in [5.74, 6) is -0.342. The van der Waals surface area contributed by atoms with Crippen LogP contribution in [-0.4, -0.2) is 60.5 Å². The van der Waals surface area contributed by atoms with Crippen LogP contribution < -0.4 is 10.3 Å². The molecule has 13 heteroatoms. The fraction of sp³-hybridized carbons (Fsp3) is 0.333. The average Bonchev–Trinajstić information content (AvgIpc) is 3.38. The van der Waals surface area contributed by atoms with Crippen LogP contribution in [0.2, 0.25) is 0 Å². The molecule has 4 aromatic rings. The SMILES string of the molecule is CC(C)(C)OC(=O)N1CC(Oc2cc(=O)n(Cc3ccc(-c4nnc(C(F)F)o4)cn3)c(-c3ccccc3)n2)C1. The Morgan fingerprint density at radius 3 is 2.48 bits per heavy atom. The van der Waals surface area contributed by atoms with Gasteiger partial charge in [-0.05, 0) is 32.9 Å². The third-order valence-corrected chi connectivity index (χ3v) is 5.82. The highest BCUT2D eigenvalue weighted by Crippen LogP contribution is 2.25. The Morgan fingerprint density at radius 2 is 1.85 bits per heavy atom. The van der Waals surface area contributed by atoms with Crippen molar-refractivity contribution in [2.75, 3.05) is 13.1 Å². The largest absolute Gasteiger partial charge is 0.470 e. The van der Waals surface area contributed by atoms with E-state index in [0.29, 0.717) is 35.7 Å². The van der Waals surface area contributed by atoms with Gasteiger partial charge < -0.3 is 18.8 Å². The zero-order valence-electron chi connectivity index (χ0n) is 22.0. The predicted octanol–water partition coefficient (Wildman–Crippen LogP) is 4.34. The van der Waals surface area contributed by atoms with Crippen LogP contribution in [0.1, 0.15) is 38.8 Å². The van der Waals surface area contributed by atoms with E-state index in [0.717, 1.165) is 0 Å². The molecule has 0 spiro atoms. The number of aromatic nitrogens is 5. The quantitative estimate of drug-likeness (QED) is 0.329.